The van der Waals surface area contributed by atoms with Crippen LogP contribution in [0.4, 0.5) is 5.69 Å². The van der Waals surface area contributed by atoms with Crippen molar-refractivity contribution in [2.24, 2.45) is 0 Å². The van der Waals surface area contributed by atoms with Crippen LogP contribution < -0.4 is 5.32 Å². The third kappa shape index (κ3) is 4.13. The van der Waals surface area contributed by atoms with Gasteiger partial charge in [-0.05, 0) is 23.8 Å². The van der Waals surface area contributed by atoms with Crippen LogP contribution in [0.2, 0.25) is 0 Å². The van der Waals surface area contributed by atoms with Gasteiger partial charge in [-0.15, -0.1) is 0 Å². The molecule has 0 aromatic heterocycles. The molecule has 5 heteroatoms. The number of nitrogens with one attached hydrogen (secondary N) is 1. The molecule has 0 unspecified atom stereocenters. The molecule has 120 valence electrons. The number of nitrogens with zero attached hydrogens (tertiary/aromatic N) is 1. The van der Waals surface area contributed by atoms with Crippen LogP contribution in [0, 0.1) is 0 Å². The summed E-state index contributed by atoms with van der Waals surface area (Å²) < 4.78 is 0.572. The largest absolute Gasteiger partial charge is 0.367 e. The SMILES string of the molecule is O=C1C(=CC=Cc2ccccc2)SC(=S)N1CNc1ccccc1. The molecule has 0 radical (unpaired) electrons. The topological polar surface area (TPSA) is 32.3 Å². The van der Waals surface area contributed by atoms with Gasteiger partial charge in [-0.1, -0.05) is 84.7 Å². The molecule has 1 aliphatic heterocycles. The van der Waals surface area contributed by atoms with Gasteiger partial charge in [0.2, 0.25) is 0 Å². The van der Waals surface area contributed by atoms with E-state index in [1.165, 1.54) is 11.8 Å². The lowest BCUT2D eigenvalue weighted by Crippen LogP contribution is -2.33. The molecular weight excluding hydrogens is 336 g/mol. The average molecular weight is 352 g/mol. The predicted octanol–water partition coefficient (Wildman–Crippen LogP) is 4.51. The van der Waals surface area contributed by atoms with Crippen molar-refractivity contribution in [1.29, 1.82) is 0 Å². The number of amides is 1. The number of benzene rings is 2. The van der Waals surface area contributed by atoms with E-state index < -0.39 is 0 Å². The van der Waals surface area contributed by atoms with E-state index in [0.717, 1.165) is 11.3 Å². The van der Waals surface area contributed by atoms with Gasteiger partial charge in [-0.25, -0.2) is 0 Å². The molecule has 3 rings (SSSR count). The summed E-state index contributed by atoms with van der Waals surface area (Å²) in [7, 11) is 0. The highest BCUT2D eigenvalue weighted by Crippen LogP contribution is 2.30. The zero-order valence-corrected chi connectivity index (χ0v) is 14.5. The van der Waals surface area contributed by atoms with Gasteiger partial charge < -0.3 is 5.32 Å². The van der Waals surface area contributed by atoms with Crippen LogP contribution in [0.5, 0.6) is 0 Å². The van der Waals surface area contributed by atoms with Crippen LogP contribution in [-0.2, 0) is 4.79 Å². The Labute approximate surface area is 151 Å². The molecule has 0 spiro atoms. The Bertz CT molecular complexity index is 786. The highest BCUT2D eigenvalue weighted by molar-refractivity contribution is 8.26. The molecule has 0 saturated carbocycles. The van der Waals surface area contributed by atoms with Gasteiger partial charge in [0.05, 0.1) is 11.6 Å². The van der Waals surface area contributed by atoms with Crippen molar-refractivity contribution in [2.75, 3.05) is 12.0 Å². The fraction of sp³-hybridized carbons (Fsp3) is 0.0526. The maximum Gasteiger partial charge on any atom is 0.267 e. The van der Waals surface area contributed by atoms with Crippen molar-refractivity contribution in [3.8, 4) is 0 Å². The first-order valence-corrected chi connectivity index (χ1v) is 8.72. The van der Waals surface area contributed by atoms with Crippen molar-refractivity contribution in [3.05, 3.63) is 83.3 Å². The number of thiocarbonyl (C=S) groups is 1. The second kappa shape index (κ2) is 7.95. The summed E-state index contributed by atoms with van der Waals surface area (Å²) in [4.78, 5) is 14.7. The normalized spacial score (nSPS) is 16.3. The highest BCUT2D eigenvalue weighted by Gasteiger charge is 2.31. The van der Waals surface area contributed by atoms with E-state index >= 15 is 0 Å². The van der Waals surface area contributed by atoms with E-state index in [-0.39, 0.29) is 5.91 Å². The molecular formula is C19H16N2OS2. The number of hydrogen-bond acceptors (Lipinski definition) is 4. The molecule has 2 aromatic carbocycles. The maximum atomic E-state index is 12.5. The lowest BCUT2D eigenvalue weighted by Gasteiger charge is -2.16. The third-order valence-electron chi connectivity index (χ3n) is 3.42. The molecule has 1 N–H and O–H groups in total. The van der Waals surface area contributed by atoms with Crippen LogP contribution in [-0.4, -0.2) is 21.8 Å². The summed E-state index contributed by atoms with van der Waals surface area (Å²) in [5.41, 5.74) is 2.05. The average Bonchev–Trinajstić information content (AvgIpc) is 2.89. The molecule has 0 aliphatic carbocycles. The Kier molecular flexibility index (Phi) is 5.46. The Hall–Kier alpha value is -2.37. The molecule has 2 aromatic rings. The molecule has 24 heavy (non-hydrogen) atoms. The summed E-state index contributed by atoms with van der Waals surface area (Å²) in [5, 5.41) is 3.21. The van der Waals surface area contributed by atoms with E-state index in [2.05, 4.69) is 5.32 Å². The quantitative estimate of drug-likeness (QED) is 0.634. The van der Waals surface area contributed by atoms with Gasteiger partial charge in [0.25, 0.3) is 5.91 Å². The van der Waals surface area contributed by atoms with E-state index in [1.807, 2.05) is 78.9 Å². The Balaban J connectivity index is 1.63. The lowest BCUT2D eigenvalue weighted by molar-refractivity contribution is -0.121. The highest BCUT2D eigenvalue weighted by atomic mass is 32.2. The molecule has 1 amide bonds. The van der Waals surface area contributed by atoms with E-state index in [4.69, 9.17) is 12.2 Å². The van der Waals surface area contributed by atoms with Crippen LogP contribution >= 0.6 is 24.0 Å². The Morgan fingerprint density at radius 2 is 1.71 bits per heavy atom. The first kappa shape index (κ1) is 16.5. The van der Waals surface area contributed by atoms with Crippen molar-refractivity contribution >= 4 is 46.0 Å². The van der Waals surface area contributed by atoms with Crippen LogP contribution in [0.25, 0.3) is 6.08 Å². The fourth-order valence-electron chi connectivity index (χ4n) is 2.19. The molecule has 0 bridgehead atoms. The number of hydrogen-bond donors (Lipinski definition) is 1. The van der Waals surface area contributed by atoms with Gasteiger partial charge in [-0.3, -0.25) is 9.69 Å². The molecule has 1 aliphatic rings. The minimum absolute atomic E-state index is 0.0638. The molecule has 1 saturated heterocycles. The second-order valence-electron chi connectivity index (χ2n) is 5.10. The van der Waals surface area contributed by atoms with Gasteiger partial charge >= 0.3 is 0 Å². The number of para-hydroxylation sites is 1. The smallest absolute Gasteiger partial charge is 0.267 e. The molecule has 3 nitrogen and oxygen atoms in total. The third-order valence-corrected chi connectivity index (χ3v) is 4.82. The number of thioether (sulfide) groups is 1. The lowest BCUT2D eigenvalue weighted by atomic mass is 10.2. The predicted molar refractivity (Wildman–Crippen MR) is 106 cm³/mol. The molecule has 1 heterocycles. The monoisotopic (exact) mass is 352 g/mol. The summed E-state index contributed by atoms with van der Waals surface area (Å²) in [6.07, 6.45) is 5.66. The Morgan fingerprint density at radius 1 is 1.04 bits per heavy atom. The van der Waals surface area contributed by atoms with E-state index in [9.17, 15) is 4.79 Å². The van der Waals surface area contributed by atoms with Crippen LogP contribution in [0.1, 0.15) is 5.56 Å². The van der Waals surface area contributed by atoms with Crippen molar-refractivity contribution in [1.82, 2.24) is 4.90 Å². The zero-order chi connectivity index (χ0) is 16.8. The first-order valence-electron chi connectivity index (χ1n) is 7.50. The minimum atomic E-state index is -0.0638. The number of anilines is 1. The van der Waals surface area contributed by atoms with Gasteiger partial charge in [-0.2, -0.15) is 0 Å². The number of rotatable bonds is 5. The van der Waals surface area contributed by atoms with Gasteiger partial charge in [0.15, 0.2) is 0 Å². The first-order chi connectivity index (χ1) is 11.7. The summed E-state index contributed by atoms with van der Waals surface area (Å²) in [6.45, 7) is 0.369. The van der Waals surface area contributed by atoms with E-state index in [0.29, 0.717) is 15.9 Å². The summed E-state index contributed by atoms with van der Waals surface area (Å²) >= 11 is 6.65. The van der Waals surface area contributed by atoms with Crippen molar-refractivity contribution < 1.29 is 4.79 Å². The van der Waals surface area contributed by atoms with Gasteiger partial charge in [0, 0.05) is 5.69 Å². The molecule has 1 fully saturated rings. The zero-order valence-electron chi connectivity index (χ0n) is 12.9. The van der Waals surface area contributed by atoms with Crippen LogP contribution in [0.15, 0.2) is 77.7 Å². The second-order valence-corrected chi connectivity index (χ2v) is 6.78. The number of carbonyl (C=O) groups is 1. The van der Waals surface area contributed by atoms with E-state index in [1.54, 1.807) is 4.90 Å². The van der Waals surface area contributed by atoms with Crippen molar-refractivity contribution in [2.45, 2.75) is 0 Å². The van der Waals surface area contributed by atoms with Gasteiger partial charge in [0.1, 0.15) is 4.32 Å². The standard InChI is InChI=1S/C19H16N2OS2/c22-18-17(13-7-10-15-8-3-1-4-9-15)24-19(23)21(18)14-20-16-11-5-2-6-12-16/h1-13,20H,14H2. The van der Waals surface area contributed by atoms with Crippen LogP contribution in [0.3, 0.4) is 0 Å². The fourth-order valence-corrected chi connectivity index (χ4v) is 3.39. The van der Waals surface area contributed by atoms with Crippen molar-refractivity contribution in [3.63, 3.8) is 0 Å². The number of allylic oxidation sites excluding steroid dienone is 2. The summed E-state index contributed by atoms with van der Waals surface area (Å²) in [5.74, 6) is -0.0638. The Morgan fingerprint density at radius 3 is 2.42 bits per heavy atom. The minimum Gasteiger partial charge on any atom is -0.367 e. The maximum absolute atomic E-state index is 12.5. The summed E-state index contributed by atoms with van der Waals surface area (Å²) in [6, 6.07) is 19.7. The molecule has 0 atom stereocenters. The number of carbonyl (C=O) groups excluding carboxylic acids is 1.